The van der Waals surface area contributed by atoms with E-state index in [2.05, 4.69) is 10.3 Å². The van der Waals surface area contributed by atoms with Gasteiger partial charge >= 0.3 is 5.97 Å². The summed E-state index contributed by atoms with van der Waals surface area (Å²) in [5.41, 5.74) is 1.44. The van der Waals surface area contributed by atoms with Gasteiger partial charge in [-0.3, -0.25) is 0 Å². The van der Waals surface area contributed by atoms with Crippen molar-refractivity contribution in [3.8, 4) is 0 Å². The van der Waals surface area contributed by atoms with E-state index in [9.17, 15) is 4.79 Å². The van der Waals surface area contributed by atoms with Crippen LogP contribution in [0.2, 0.25) is 5.02 Å². The van der Waals surface area contributed by atoms with Crippen molar-refractivity contribution in [1.29, 1.82) is 0 Å². The molecular weight excluding hydrogens is 252 g/mol. The molecule has 3 rings (SSSR count). The number of hydrogen-bond donors (Lipinski definition) is 1. The van der Waals surface area contributed by atoms with Crippen molar-refractivity contribution in [3.63, 3.8) is 0 Å². The highest BCUT2D eigenvalue weighted by Gasteiger charge is 2.33. The number of anilines is 1. The van der Waals surface area contributed by atoms with Crippen molar-refractivity contribution in [3.05, 3.63) is 58.7 Å². The zero-order chi connectivity index (χ0) is 12.5. The Balaban J connectivity index is 1.87. The van der Waals surface area contributed by atoms with Crippen molar-refractivity contribution < 1.29 is 14.5 Å². The van der Waals surface area contributed by atoms with Crippen molar-refractivity contribution >= 4 is 23.4 Å². The smallest absolute Gasteiger partial charge is 0.342 e. The topological polar surface area (TPSA) is 52.5 Å². The second-order valence-electron chi connectivity index (χ2n) is 3.94. The number of benzene rings is 1. The van der Waals surface area contributed by atoms with Crippen LogP contribution in [0.25, 0.3) is 0 Å². The Hall–Kier alpha value is -2.07. The number of fused-ring (bicyclic) bond motifs is 1. The molecule has 0 fully saturated rings. The Morgan fingerprint density at radius 3 is 2.83 bits per heavy atom. The highest BCUT2D eigenvalue weighted by Crippen LogP contribution is 2.30. The van der Waals surface area contributed by atoms with Crippen molar-refractivity contribution in [1.82, 2.24) is 0 Å². The number of carbonyl (C=O) groups excluding carboxylic acids is 1. The van der Waals surface area contributed by atoms with Crippen LogP contribution in [0.3, 0.4) is 0 Å². The molecule has 0 saturated carbocycles. The Morgan fingerprint density at radius 1 is 1.22 bits per heavy atom. The van der Waals surface area contributed by atoms with Crippen LogP contribution in [0, 0.1) is 0 Å². The molecule has 2 heterocycles. The normalized spacial score (nSPS) is 17.2. The van der Waals surface area contributed by atoms with Crippen LogP contribution in [-0.2, 0) is 4.74 Å². The molecule has 0 unspecified atom stereocenters. The van der Waals surface area contributed by atoms with E-state index in [1.54, 1.807) is 24.4 Å². The summed E-state index contributed by atoms with van der Waals surface area (Å²) in [4.78, 5) is 14.6. The number of aromatic nitrogens is 1. The third kappa shape index (κ3) is 1.91. The number of halogens is 1. The van der Waals surface area contributed by atoms with Gasteiger partial charge in [0.1, 0.15) is 6.20 Å². The van der Waals surface area contributed by atoms with Gasteiger partial charge in [-0.2, -0.15) is 0 Å². The van der Waals surface area contributed by atoms with E-state index in [4.69, 9.17) is 16.3 Å². The second kappa shape index (κ2) is 4.31. The van der Waals surface area contributed by atoms with E-state index in [-0.39, 0.29) is 5.97 Å². The molecule has 18 heavy (non-hydrogen) atoms. The van der Waals surface area contributed by atoms with Gasteiger partial charge in [0.2, 0.25) is 0 Å². The summed E-state index contributed by atoms with van der Waals surface area (Å²) in [6.45, 7) is 0. The first-order chi connectivity index (χ1) is 8.74. The quantitative estimate of drug-likeness (QED) is 0.845. The van der Waals surface area contributed by atoms with Gasteiger partial charge in [0.05, 0.1) is 16.1 Å². The number of hydrogen-bond acceptors (Lipinski definition) is 3. The van der Waals surface area contributed by atoms with Crippen LogP contribution in [0.15, 0.2) is 42.6 Å². The van der Waals surface area contributed by atoms with E-state index in [1.807, 2.05) is 18.2 Å². The fraction of sp³-hybridized carbons (Fsp3) is 0.0769. The molecule has 5 heteroatoms. The number of aromatic amines is 1. The first-order valence-corrected chi connectivity index (χ1v) is 5.85. The minimum absolute atomic E-state index is 0.308. The summed E-state index contributed by atoms with van der Waals surface area (Å²) in [5.74, 6) is 0.422. The summed E-state index contributed by atoms with van der Waals surface area (Å²) < 4.78 is 5.26. The Bertz CT molecular complexity index is 598. The lowest BCUT2D eigenvalue weighted by Gasteiger charge is -2.07. The van der Waals surface area contributed by atoms with Gasteiger partial charge < -0.3 is 4.74 Å². The lowest BCUT2D eigenvalue weighted by atomic mass is 10.1. The number of cyclic esters (lactones) is 1. The largest absolute Gasteiger partial charge is 0.414 e. The zero-order valence-corrected chi connectivity index (χ0v) is 10.1. The third-order valence-corrected chi connectivity index (χ3v) is 2.98. The van der Waals surface area contributed by atoms with Gasteiger partial charge in [-0.25, -0.2) is 15.1 Å². The van der Waals surface area contributed by atoms with E-state index >= 15 is 0 Å². The number of H-pyrrole nitrogens is 1. The van der Waals surface area contributed by atoms with E-state index < -0.39 is 6.23 Å². The first-order valence-electron chi connectivity index (χ1n) is 5.48. The van der Waals surface area contributed by atoms with Gasteiger partial charge in [-0.05, 0) is 12.1 Å². The molecule has 0 saturated heterocycles. The summed E-state index contributed by atoms with van der Waals surface area (Å²) in [6, 6.07) is 10.9. The van der Waals surface area contributed by atoms with Crippen LogP contribution < -0.4 is 10.3 Å². The van der Waals surface area contributed by atoms with E-state index in [1.165, 1.54) is 0 Å². The van der Waals surface area contributed by atoms with Gasteiger partial charge in [-0.1, -0.05) is 29.8 Å². The molecule has 2 N–H and O–H groups in total. The average molecular weight is 262 g/mol. The van der Waals surface area contributed by atoms with Crippen LogP contribution in [0.5, 0.6) is 0 Å². The predicted octanol–water partition coefficient (Wildman–Crippen LogP) is 2.44. The lowest BCUT2D eigenvalue weighted by Crippen LogP contribution is -2.17. The Labute approximate surface area is 109 Å². The van der Waals surface area contributed by atoms with E-state index in [0.717, 1.165) is 11.4 Å². The summed E-state index contributed by atoms with van der Waals surface area (Å²) in [7, 11) is 0. The summed E-state index contributed by atoms with van der Waals surface area (Å²) in [5, 5.41) is 3.71. The van der Waals surface area contributed by atoms with Gasteiger partial charge in [-0.15, -0.1) is 0 Å². The highest BCUT2D eigenvalue weighted by atomic mass is 35.5. The number of carbonyl (C=O) groups is 1. The minimum atomic E-state index is -0.467. The fourth-order valence-electron chi connectivity index (χ4n) is 1.89. The molecular formula is C13H10ClN2O2+. The minimum Gasteiger partial charge on any atom is -0.414 e. The molecule has 1 aromatic heterocycles. The summed E-state index contributed by atoms with van der Waals surface area (Å²) in [6.07, 6.45) is 1.19. The molecule has 4 nitrogen and oxygen atoms in total. The van der Waals surface area contributed by atoms with Gasteiger partial charge in [0.15, 0.2) is 0 Å². The van der Waals surface area contributed by atoms with Crippen molar-refractivity contribution in [2.45, 2.75) is 6.23 Å². The third-order valence-electron chi connectivity index (χ3n) is 2.75. The Kier molecular flexibility index (Phi) is 2.64. The number of nitrogens with one attached hydrogen (secondary N) is 2. The summed E-state index contributed by atoms with van der Waals surface area (Å²) >= 11 is 5.79. The predicted molar refractivity (Wildman–Crippen MR) is 66.2 cm³/mol. The molecule has 1 aromatic carbocycles. The number of rotatable bonds is 2. The van der Waals surface area contributed by atoms with Crippen LogP contribution in [-0.4, -0.2) is 5.97 Å². The molecule has 1 atom stereocenters. The first kappa shape index (κ1) is 11.0. The fourth-order valence-corrected chi connectivity index (χ4v) is 2.01. The van der Waals surface area contributed by atoms with Crippen LogP contribution in [0.1, 0.15) is 22.1 Å². The molecule has 2 aromatic rings. The molecule has 0 radical (unpaired) electrons. The standard InChI is InChI=1S/C13H9ClN2O2/c14-8-5-6-11(15-7-8)16-12-9-3-1-2-4-10(9)13(17)18-12/h1-7,12H,(H,15,16)/p+1/t12-/m0/s1. The average Bonchev–Trinajstić information content (AvgIpc) is 2.70. The van der Waals surface area contributed by atoms with Crippen molar-refractivity contribution in [2.75, 3.05) is 5.32 Å². The van der Waals surface area contributed by atoms with Gasteiger partial charge in [0.25, 0.3) is 12.0 Å². The maximum atomic E-state index is 11.6. The zero-order valence-electron chi connectivity index (χ0n) is 9.31. The highest BCUT2D eigenvalue weighted by molar-refractivity contribution is 6.30. The van der Waals surface area contributed by atoms with Crippen LogP contribution >= 0.6 is 11.6 Å². The maximum absolute atomic E-state index is 11.6. The van der Waals surface area contributed by atoms with Crippen molar-refractivity contribution in [2.24, 2.45) is 0 Å². The SMILES string of the molecule is O=C1O[C@H](Nc2ccc(Cl)c[nH+]2)c2ccccc21. The molecule has 0 spiro atoms. The Morgan fingerprint density at radius 2 is 2.06 bits per heavy atom. The maximum Gasteiger partial charge on any atom is 0.342 e. The number of ether oxygens (including phenoxy) is 1. The lowest BCUT2D eigenvalue weighted by molar-refractivity contribution is -0.361. The molecule has 0 amide bonds. The molecule has 1 aliphatic rings. The second-order valence-corrected chi connectivity index (χ2v) is 4.37. The molecule has 0 bridgehead atoms. The molecule has 90 valence electrons. The number of pyridine rings is 1. The monoisotopic (exact) mass is 261 g/mol. The molecule has 0 aliphatic carbocycles. The van der Waals surface area contributed by atoms with E-state index in [0.29, 0.717) is 10.6 Å². The van der Waals surface area contributed by atoms with Gasteiger partial charge in [0, 0.05) is 6.07 Å². The number of esters is 1. The van der Waals surface area contributed by atoms with Crippen LogP contribution in [0.4, 0.5) is 5.82 Å². The molecule has 1 aliphatic heterocycles.